The van der Waals surface area contributed by atoms with Crippen LogP contribution in [0.4, 0.5) is 5.69 Å². The van der Waals surface area contributed by atoms with E-state index in [1.165, 1.54) is 4.90 Å². The van der Waals surface area contributed by atoms with Gasteiger partial charge in [-0.15, -0.1) is 0 Å². The van der Waals surface area contributed by atoms with Crippen LogP contribution in [-0.2, 0) is 27.3 Å². The van der Waals surface area contributed by atoms with Crippen LogP contribution in [0.1, 0.15) is 42.4 Å². The van der Waals surface area contributed by atoms with Gasteiger partial charge in [0.2, 0.25) is 5.78 Å². The van der Waals surface area contributed by atoms with E-state index < -0.39 is 58.0 Å². The molecule has 3 aliphatic carbocycles. The summed E-state index contributed by atoms with van der Waals surface area (Å²) in [4.78, 5) is 45.1. The number of likely N-dealkylation sites (tertiary alicyclic amines) is 1. The summed E-state index contributed by atoms with van der Waals surface area (Å²) in [7, 11) is 6.90. The molecule has 4 aliphatic rings. The maximum atomic E-state index is 14.1. The average molecular weight is 555 g/mol. The minimum absolute atomic E-state index is 0.0644. The number of phenolic OH excluding ortho intramolecular Hbond substituents is 1. The quantitative estimate of drug-likeness (QED) is 0.331. The van der Waals surface area contributed by atoms with Gasteiger partial charge in [-0.2, -0.15) is 0 Å². The largest absolute Gasteiger partial charge is 0.508 e. The third-order valence-corrected chi connectivity index (χ3v) is 9.10. The number of carbonyl (C=O) groups is 3. The van der Waals surface area contributed by atoms with Crippen molar-refractivity contribution in [3.05, 3.63) is 39.7 Å². The molecule has 1 amide bonds. The highest BCUT2D eigenvalue weighted by Gasteiger charge is 2.64. The molecule has 4 unspecified atom stereocenters. The second kappa shape index (κ2) is 9.90. The van der Waals surface area contributed by atoms with Gasteiger partial charge in [-0.3, -0.25) is 24.2 Å². The zero-order chi connectivity index (χ0) is 29.3. The van der Waals surface area contributed by atoms with E-state index in [0.717, 1.165) is 38.0 Å². The molecule has 1 heterocycles. The summed E-state index contributed by atoms with van der Waals surface area (Å²) in [5, 5.41) is 45.9. The molecule has 1 aliphatic heterocycles. The monoisotopic (exact) mass is 554 g/mol. The smallest absolute Gasteiger partial charge is 0.255 e. The van der Waals surface area contributed by atoms with Gasteiger partial charge in [0.05, 0.1) is 11.6 Å². The van der Waals surface area contributed by atoms with E-state index in [0.29, 0.717) is 17.7 Å². The number of phenols is 1. The summed E-state index contributed by atoms with van der Waals surface area (Å²) in [6, 6.07) is 0.814. The summed E-state index contributed by atoms with van der Waals surface area (Å²) in [6.45, 7) is 2.27. The Hall–Kier alpha value is -3.41. The van der Waals surface area contributed by atoms with Crippen LogP contribution in [-0.4, -0.2) is 101 Å². The lowest BCUT2D eigenvalue weighted by molar-refractivity contribution is -0.153. The summed E-state index contributed by atoms with van der Waals surface area (Å²) in [5.74, 6) is -6.38. The third-order valence-electron chi connectivity index (χ3n) is 9.10. The lowest BCUT2D eigenvalue weighted by Crippen LogP contribution is -2.65. The number of carbonyl (C=O) groups excluding carboxylic acids is 3. The fourth-order valence-corrected chi connectivity index (χ4v) is 7.22. The molecular weight excluding hydrogens is 516 g/mol. The Morgan fingerprint density at radius 1 is 1.10 bits per heavy atom. The van der Waals surface area contributed by atoms with Crippen LogP contribution in [0.25, 0.3) is 5.76 Å². The molecule has 1 saturated carbocycles. The minimum atomic E-state index is -2.64. The Bertz CT molecular complexity index is 1360. The number of ketones is 2. The standard InChI is InChI=1S/C29H38N4O7/c1-31(2)18-12-15(13-33-8-6-5-7-9-33)23(34)20-16(18)10-14-11-17-22(32(3)4)25(36)21(28(30)39)27(38)29(17,40)26(37)19(14)24(20)35/h12,14,17,22,34-35,38,40H,5-11,13H2,1-4H3,(H2,30,39). The zero-order valence-corrected chi connectivity index (χ0v) is 23.4. The molecule has 0 radical (unpaired) electrons. The zero-order valence-electron chi connectivity index (χ0n) is 23.4. The van der Waals surface area contributed by atoms with Gasteiger partial charge in [0.1, 0.15) is 22.8 Å². The number of Topliss-reactive ketones (excluding diaryl/α,β-unsaturated/α-hetero) is 2. The topological polar surface area (TPSA) is 168 Å². The molecule has 5 rings (SSSR count). The normalized spacial score (nSPS) is 28.9. The van der Waals surface area contributed by atoms with Gasteiger partial charge in [0.15, 0.2) is 11.4 Å². The maximum absolute atomic E-state index is 14.1. The number of likely N-dealkylation sites (N-methyl/N-ethyl adjacent to an activating group) is 1. The second-order valence-electron chi connectivity index (χ2n) is 11.9. The van der Waals surface area contributed by atoms with E-state index >= 15 is 0 Å². The fraction of sp³-hybridized carbons (Fsp3) is 0.552. The number of nitrogens with two attached hydrogens (primary N) is 1. The number of rotatable bonds is 5. The van der Waals surface area contributed by atoms with Gasteiger partial charge in [-0.05, 0) is 70.4 Å². The van der Waals surface area contributed by atoms with Crippen molar-refractivity contribution >= 4 is 28.9 Å². The van der Waals surface area contributed by atoms with Crippen molar-refractivity contribution in [3.63, 3.8) is 0 Å². The van der Waals surface area contributed by atoms with Gasteiger partial charge in [-0.25, -0.2) is 0 Å². The number of hydrogen-bond donors (Lipinski definition) is 5. The van der Waals surface area contributed by atoms with Crippen molar-refractivity contribution in [1.29, 1.82) is 0 Å². The van der Waals surface area contributed by atoms with Crippen LogP contribution in [0.2, 0.25) is 0 Å². The van der Waals surface area contributed by atoms with Crippen LogP contribution in [0.5, 0.6) is 5.75 Å². The first-order valence-corrected chi connectivity index (χ1v) is 13.7. The predicted octanol–water partition coefficient (Wildman–Crippen LogP) is 1.02. The highest BCUT2D eigenvalue weighted by molar-refractivity contribution is 6.24. The highest BCUT2D eigenvalue weighted by Crippen LogP contribution is 2.54. The van der Waals surface area contributed by atoms with Crippen molar-refractivity contribution in [1.82, 2.24) is 9.80 Å². The minimum Gasteiger partial charge on any atom is -0.508 e. The number of nitrogens with zero attached hydrogens (tertiary/aromatic N) is 3. The molecular formula is C29H38N4O7. The number of hydrogen-bond acceptors (Lipinski definition) is 10. The van der Waals surface area contributed by atoms with Crippen molar-refractivity contribution in [2.45, 2.75) is 50.3 Å². The molecule has 216 valence electrons. The molecule has 1 aromatic rings. The van der Waals surface area contributed by atoms with Crippen molar-refractivity contribution in [2.75, 3.05) is 46.2 Å². The second-order valence-corrected chi connectivity index (χ2v) is 11.9. The average Bonchev–Trinajstić information content (AvgIpc) is 2.87. The first kappa shape index (κ1) is 28.1. The summed E-state index contributed by atoms with van der Waals surface area (Å²) in [6.07, 6.45) is 3.62. The first-order valence-electron chi connectivity index (χ1n) is 13.7. The fourth-order valence-electron chi connectivity index (χ4n) is 7.22. The van der Waals surface area contributed by atoms with Crippen LogP contribution in [0.15, 0.2) is 23.0 Å². The van der Waals surface area contributed by atoms with E-state index in [1.807, 2.05) is 25.1 Å². The number of fused-ring (bicyclic) bond motifs is 3. The molecule has 1 saturated heterocycles. The molecule has 4 atom stereocenters. The Morgan fingerprint density at radius 2 is 1.75 bits per heavy atom. The van der Waals surface area contributed by atoms with Gasteiger partial charge < -0.3 is 31.1 Å². The third kappa shape index (κ3) is 4.02. The number of benzene rings is 1. The van der Waals surface area contributed by atoms with E-state index in [9.17, 15) is 34.8 Å². The summed E-state index contributed by atoms with van der Waals surface area (Å²) in [5.41, 5.74) is 4.00. The molecule has 11 nitrogen and oxygen atoms in total. The number of aromatic hydroxyl groups is 1. The van der Waals surface area contributed by atoms with Crippen molar-refractivity contribution in [3.8, 4) is 5.75 Å². The van der Waals surface area contributed by atoms with Gasteiger partial charge in [0.25, 0.3) is 5.91 Å². The Balaban J connectivity index is 1.69. The van der Waals surface area contributed by atoms with Crippen molar-refractivity contribution in [2.24, 2.45) is 17.6 Å². The predicted molar refractivity (Wildman–Crippen MR) is 148 cm³/mol. The summed E-state index contributed by atoms with van der Waals surface area (Å²) >= 11 is 0. The number of anilines is 1. The van der Waals surface area contributed by atoms with Crippen LogP contribution >= 0.6 is 0 Å². The number of aliphatic hydroxyl groups is 3. The lowest BCUT2D eigenvalue weighted by atomic mass is 9.57. The van der Waals surface area contributed by atoms with E-state index in [4.69, 9.17) is 5.73 Å². The molecule has 11 heteroatoms. The molecule has 6 N–H and O–H groups in total. The molecule has 40 heavy (non-hydrogen) atoms. The molecule has 0 spiro atoms. The van der Waals surface area contributed by atoms with Gasteiger partial charge >= 0.3 is 0 Å². The van der Waals surface area contributed by atoms with Gasteiger partial charge in [-0.1, -0.05) is 6.42 Å². The molecule has 0 bridgehead atoms. The van der Waals surface area contributed by atoms with Gasteiger partial charge in [0, 0.05) is 43.4 Å². The molecule has 2 fully saturated rings. The number of aliphatic hydroxyl groups excluding tert-OH is 2. The Kier molecular flexibility index (Phi) is 6.96. The molecule has 0 aromatic heterocycles. The Morgan fingerprint density at radius 3 is 2.33 bits per heavy atom. The van der Waals surface area contributed by atoms with Crippen LogP contribution < -0.4 is 10.6 Å². The number of piperidine rings is 1. The molecule has 1 aromatic carbocycles. The Labute approximate surface area is 233 Å². The first-order chi connectivity index (χ1) is 18.8. The number of amides is 1. The van der Waals surface area contributed by atoms with E-state index in [2.05, 4.69) is 4.90 Å². The maximum Gasteiger partial charge on any atom is 0.255 e. The number of primary amides is 1. The highest BCUT2D eigenvalue weighted by atomic mass is 16.3. The van der Waals surface area contributed by atoms with Crippen molar-refractivity contribution < 1.29 is 34.8 Å². The van der Waals surface area contributed by atoms with E-state index in [1.54, 1.807) is 14.1 Å². The van der Waals surface area contributed by atoms with E-state index in [-0.39, 0.29) is 29.7 Å². The van der Waals surface area contributed by atoms with Crippen LogP contribution in [0, 0.1) is 11.8 Å². The van der Waals surface area contributed by atoms with Crippen LogP contribution in [0.3, 0.4) is 0 Å². The lowest BCUT2D eigenvalue weighted by Gasteiger charge is -2.50. The SMILES string of the molecule is CN(C)c1cc(CN2CCCCC2)c(O)c2c1CC1CC3C(N(C)C)C(=O)C(C(N)=O)=C(O)C3(O)C(=O)C1=C2O. The summed E-state index contributed by atoms with van der Waals surface area (Å²) < 4.78 is 0.